The average Bonchev–Trinajstić information content (AvgIpc) is 2.50. The summed E-state index contributed by atoms with van der Waals surface area (Å²) in [7, 11) is 0. The van der Waals surface area contributed by atoms with Crippen LogP contribution in [0, 0.1) is 0 Å². The van der Waals surface area contributed by atoms with Crippen molar-refractivity contribution in [3.05, 3.63) is 36.2 Å². The van der Waals surface area contributed by atoms with Gasteiger partial charge in [-0.3, -0.25) is 0 Å². The minimum Gasteiger partial charge on any atom is -0.494 e. The normalized spacial score (nSPS) is 10.2. The van der Waals surface area contributed by atoms with Crippen LogP contribution < -0.4 is 21.3 Å². The van der Waals surface area contributed by atoms with Crippen LogP contribution in [0.1, 0.15) is 25.8 Å². The minimum absolute atomic E-state index is 0.638. The van der Waals surface area contributed by atoms with Crippen molar-refractivity contribution in [1.82, 2.24) is 9.97 Å². The third-order valence-corrected chi connectivity index (χ3v) is 2.99. The van der Waals surface area contributed by atoms with Crippen molar-refractivity contribution < 1.29 is 4.74 Å². The number of hydrogen-bond donors (Lipinski definition) is 3. The number of nitrogen functional groups attached to an aromatic ring is 1. The van der Waals surface area contributed by atoms with E-state index in [1.807, 2.05) is 31.2 Å². The summed E-state index contributed by atoms with van der Waals surface area (Å²) < 4.78 is 5.50. The van der Waals surface area contributed by atoms with E-state index in [1.54, 1.807) is 0 Å². The average molecular weight is 287 g/mol. The minimum atomic E-state index is 0.638. The van der Waals surface area contributed by atoms with E-state index < -0.39 is 0 Å². The second-order valence-corrected chi connectivity index (χ2v) is 4.53. The molecule has 0 bridgehead atoms. The molecule has 21 heavy (non-hydrogen) atoms. The maximum absolute atomic E-state index is 5.52. The van der Waals surface area contributed by atoms with Gasteiger partial charge < -0.3 is 15.5 Å². The summed E-state index contributed by atoms with van der Waals surface area (Å²) in [6.45, 7) is 4.70. The molecule has 0 aliphatic heterocycles. The molecule has 0 saturated carbocycles. The molecule has 6 nitrogen and oxygen atoms in total. The number of benzene rings is 1. The Morgan fingerprint density at radius 3 is 2.71 bits per heavy atom. The molecule has 0 aliphatic rings. The van der Waals surface area contributed by atoms with E-state index in [9.17, 15) is 0 Å². The van der Waals surface area contributed by atoms with Crippen LogP contribution in [0.25, 0.3) is 0 Å². The summed E-state index contributed by atoms with van der Waals surface area (Å²) in [6.07, 6.45) is 3.31. The Kier molecular flexibility index (Phi) is 5.34. The number of nitrogens with zero attached hydrogens (tertiary/aromatic N) is 2. The zero-order valence-corrected chi connectivity index (χ0v) is 12.4. The van der Waals surface area contributed by atoms with Crippen molar-refractivity contribution in [2.75, 3.05) is 17.3 Å². The molecule has 4 N–H and O–H groups in total. The molecule has 1 aromatic heterocycles. The van der Waals surface area contributed by atoms with Crippen LogP contribution in [0.2, 0.25) is 0 Å². The summed E-state index contributed by atoms with van der Waals surface area (Å²) in [5.74, 6) is 7.75. The number of hydrogen-bond acceptors (Lipinski definition) is 6. The van der Waals surface area contributed by atoms with Gasteiger partial charge in [-0.05, 0) is 25.5 Å². The van der Waals surface area contributed by atoms with Crippen molar-refractivity contribution in [2.24, 2.45) is 5.84 Å². The van der Waals surface area contributed by atoms with Gasteiger partial charge in [-0.2, -0.15) is 0 Å². The number of aromatic nitrogens is 2. The Balaban J connectivity index is 2.28. The number of ether oxygens (including phenoxy) is 1. The molecule has 6 heteroatoms. The van der Waals surface area contributed by atoms with Crippen LogP contribution in [0.3, 0.4) is 0 Å². The Morgan fingerprint density at radius 2 is 2.00 bits per heavy atom. The molecule has 1 aromatic carbocycles. The molecule has 0 atom stereocenters. The van der Waals surface area contributed by atoms with Gasteiger partial charge in [0.15, 0.2) is 0 Å². The molecule has 112 valence electrons. The molecule has 0 unspecified atom stereocenters. The standard InChI is InChI=1S/C15H21N5O/c1-3-6-13-14(17-10-18-15(13)20-16)19-11-7-5-8-12(9-11)21-4-2/h5,7-10H,3-4,6,16H2,1-2H3,(H2,17,18,19,20). The fourth-order valence-corrected chi connectivity index (χ4v) is 2.10. The molecule has 0 saturated heterocycles. The van der Waals surface area contributed by atoms with Gasteiger partial charge in [0.05, 0.1) is 6.61 Å². The van der Waals surface area contributed by atoms with Crippen LogP contribution >= 0.6 is 0 Å². The first-order valence-electron chi connectivity index (χ1n) is 7.08. The van der Waals surface area contributed by atoms with Crippen LogP contribution in [0.4, 0.5) is 17.3 Å². The Morgan fingerprint density at radius 1 is 1.19 bits per heavy atom. The molecular weight excluding hydrogens is 266 g/mol. The molecule has 2 aromatic rings. The lowest BCUT2D eigenvalue weighted by Gasteiger charge is -2.14. The lowest BCUT2D eigenvalue weighted by Crippen LogP contribution is -2.13. The van der Waals surface area contributed by atoms with Crippen molar-refractivity contribution in [2.45, 2.75) is 26.7 Å². The Hall–Kier alpha value is -2.34. The SMILES string of the molecule is CCCc1c(NN)ncnc1Nc1cccc(OCC)c1. The zero-order valence-electron chi connectivity index (χ0n) is 12.4. The fraction of sp³-hybridized carbons (Fsp3) is 0.333. The van der Waals surface area contributed by atoms with E-state index >= 15 is 0 Å². The lowest BCUT2D eigenvalue weighted by molar-refractivity contribution is 0.340. The molecule has 0 spiro atoms. The van der Waals surface area contributed by atoms with Gasteiger partial charge in [0, 0.05) is 17.3 Å². The number of nitrogens with one attached hydrogen (secondary N) is 2. The number of nitrogens with two attached hydrogens (primary N) is 1. The molecule has 1 heterocycles. The number of hydrazine groups is 1. The molecule has 0 aliphatic carbocycles. The predicted molar refractivity (Wildman–Crippen MR) is 84.7 cm³/mol. The monoisotopic (exact) mass is 287 g/mol. The van der Waals surface area contributed by atoms with Gasteiger partial charge in [-0.1, -0.05) is 19.4 Å². The first-order valence-corrected chi connectivity index (χ1v) is 7.08. The maximum atomic E-state index is 5.52. The maximum Gasteiger partial charge on any atom is 0.148 e. The molecule has 2 rings (SSSR count). The first-order chi connectivity index (χ1) is 10.3. The number of rotatable bonds is 7. The fourth-order valence-electron chi connectivity index (χ4n) is 2.10. The molecule has 0 radical (unpaired) electrons. The zero-order chi connectivity index (χ0) is 15.1. The van der Waals surface area contributed by atoms with Gasteiger partial charge in [0.2, 0.25) is 0 Å². The smallest absolute Gasteiger partial charge is 0.148 e. The topological polar surface area (TPSA) is 85.1 Å². The predicted octanol–water partition coefficient (Wildman–Crippen LogP) is 2.86. The summed E-state index contributed by atoms with van der Waals surface area (Å²) in [4.78, 5) is 8.47. The van der Waals surface area contributed by atoms with E-state index in [2.05, 4.69) is 27.6 Å². The van der Waals surface area contributed by atoms with Gasteiger partial charge in [0.1, 0.15) is 23.7 Å². The first kappa shape index (κ1) is 15.1. The molecule has 0 fully saturated rings. The van der Waals surface area contributed by atoms with Crippen molar-refractivity contribution >= 4 is 17.3 Å². The Bertz CT molecular complexity index is 588. The summed E-state index contributed by atoms with van der Waals surface area (Å²) >= 11 is 0. The summed E-state index contributed by atoms with van der Waals surface area (Å²) in [5.41, 5.74) is 4.52. The highest BCUT2D eigenvalue weighted by Gasteiger charge is 2.10. The van der Waals surface area contributed by atoms with Gasteiger partial charge in [0.25, 0.3) is 0 Å². The second kappa shape index (κ2) is 7.44. The van der Waals surface area contributed by atoms with Gasteiger partial charge in [-0.15, -0.1) is 0 Å². The van der Waals surface area contributed by atoms with E-state index in [-0.39, 0.29) is 0 Å². The van der Waals surface area contributed by atoms with Crippen molar-refractivity contribution in [3.63, 3.8) is 0 Å². The molecular formula is C15H21N5O. The second-order valence-electron chi connectivity index (χ2n) is 4.53. The van der Waals surface area contributed by atoms with Gasteiger partial charge in [-0.25, -0.2) is 15.8 Å². The van der Waals surface area contributed by atoms with E-state index in [4.69, 9.17) is 10.6 Å². The Labute approximate surface area is 124 Å². The van der Waals surface area contributed by atoms with E-state index in [1.165, 1.54) is 6.33 Å². The molecule has 0 amide bonds. The quantitative estimate of drug-likeness (QED) is 0.536. The van der Waals surface area contributed by atoms with Gasteiger partial charge >= 0.3 is 0 Å². The van der Waals surface area contributed by atoms with Crippen LogP contribution in [-0.2, 0) is 6.42 Å². The van der Waals surface area contributed by atoms with Crippen molar-refractivity contribution in [1.29, 1.82) is 0 Å². The highest BCUT2D eigenvalue weighted by Crippen LogP contribution is 2.26. The van der Waals surface area contributed by atoms with Crippen LogP contribution in [0.5, 0.6) is 5.75 Å². The highest BCUT2D eigenvalue weighted by molar-refractivity contribution is 5.65. The third-order valence-electron chi connectivity index (χ3n) is 2.99. The van der Waals surface area contributed by atoms with Crippen LogP contribution in [-0.4, -0.2) is 16.6 Å². The summed E-state index contributed by atoms with van der Waals surface area (Å²) in [6, 6.07) is 7.78. The van der Waals surface area contributed by atoms with Crippen molar-refractivity contribution in [3.8, 4) is 5.75 Å². The highest BCUT2D eigenvalue weighted by atomic mass is 16.5. The summed E-state index contributed by atoms with van der Waals surface area (Å²) in [5, 5.41) is 3.30. The largest absolute Gasteiger partial charge is 0.494 e. The third kappa shape index (κ3) is 3.82. The van der Waals surface area contributed by atoms with E-state index in [0.29, 0.717) is 12.4 Å². The van der Waals surface area contributed by atoms with E-state index in [0.717, 1.165) is 35.7 Å². The number of anilines is 3. The van der Waals surface area contributed by atoms with Crippen LogP contribution in [0.15, 0.2) is 30.6 Å². The lowest BCUT2D eigenvalue weighted by atomic mass is 10.1.